The molecule has 108 valence electrons. The van der Waals surface area contributed by atoms with Crippen molar-refractivity contribution in [2.75, 3.05) is 6.61 Å². The van der Waals surface area contributed by atoms with Gasteiger partial charge in [-0.25, -0.2) is 9.78 Å². The molecule has 1 aromatic heterocycles. The van der Waals surface area contributed by atoms with Crippen LogP contribution in [0, 0.1) is 11.3 Å². The number of ether oxygens (including phenoxy) is 2. The fraction of sp³-hybridized carbons (Fsp3) is 0.267. The van der Waals surface area contributed by atoms with Gasteiger partial charge in [0, 0.05) is 5.38 Å². The highest BCUT2D eigenvalue weighted by molar-refractivity contribution is 7.09. The lowest BCUT2D eigenvalue weighted by molar-refractivity contribution is -0.147. The third-order valence-corrected chi connectivity index (χ3v) is 3.66. The molecule has 0 saturated heterocycles. The molecule has 2 rings (SSSR count). The average molecular weight is 302 g/mol. The van der Waals surface area contributed by atoms with Crippen LogP contribution in [0.25, 0.3) is 0 Å². The maximum absolute atomic E-state index is 11.6. The fourth-order valence-corrected chi connectivity index (χ4v) is 2.27. The highest BCUT2D eigenvalue weighted by Gasteiger charge is 2.07. The largest absolute Gasteiger partial charge is 0.482 e. The topological polar surface area (TPSA) is 72.2 Å². The minimum Gasteiger partial charge on any atom is -0.482 e. The molecule has 2 aromatic rings. The second-order valence-corrected chi connectivity index (χ2v) is 5.11. The molecule has 0 radical (unpaired) electrons. The van der Waals surface area contributed by atoms with Crippen LogP contribution in [-0.4, -0.2) is 17.6 Å². The van der Waals surface area contributed by atoms with Gasteiger partial charge in [-0.15, -0.1) is 11.3 Å². The first kappa shape index (κ1) is 15.0. The van der Waals surface area contributed by atoms with Crippen LogP contribution in [0.3, 0.4) is 0 Å². The van der Waals surface area contributed by atoms with Gasteiger partial charge in [-0.1, -0.05) is 6.92 Å². The number of carbonyl (C=O) groups excluding carboxylic acids is 1. The van der Waals surface area contributed by atoms with Gasteiger partial charge in [0.1, 0.15) is 12.4 Å². The second kappa shape index (κ2) is 7.41. The third-order valence-electron chi connectivity index (χ3n) is 2.62. The molecule has 1 heterocycles. The van der Waals surface area contributed by atoms with E-state index >= 15 is 0 Å². The Morgan fingerprint density at radius 1 is 1.38 bits per heavy atom. The standard InChI is InChI=1S/C15H14N2O3S/c1-2-14-17-12(10-21-14)8-20-15(18)9-19-13-5-3-11(7-16)4-6-13/h3-6,10H,2,8-9H2,1H3. The molecule has 5 nitrogen and oxygen atoms in total. The number of thiazole rings is 1. The molecule has 0 atom stereocenters. The number of hydrogen-bond donors (Lipinski definition) is 0. The van der Waals surface area contributed by atoms with Crippen molar-refractivity contribution in [3.63, 3.8) is 0 Å². The number of nitrogens with zero attached hydrogens (tertiary/aromatic N) is 2. The van der Waals surface area contributed by atoms with E-state index in [-0.39, 0.29) is 13.2 Å². The molecule has 21 heavy (non-hydrogen) atoms. The summed E-state index contributed by atoms with van der Waals surface area (Å²) in [7, 11) is 0. The Labute approximate surface area is 126 Å². The molecule has 1 aromatic carbocycles. The van der Waals surface area contributed by atoms with Crippen LogP contribution < -0.4 is 4.74 Å². The molecule has 0 aliphatic rings. The summed E-state index contributed by atoms with van der Waals surface area (Å²) in [6.07, 6.45) is 0.875. The van der Waals surface area contributed by atoms with E-state index < -0.39 is 5.97 Å². The number of aromatic nitrogens is 1. The Morgan fingerprint density at radius 2 is 2.14 bits per heavy atom. The van der Waals surface area contributed by atoms with Gasteiger partial charge in [-0.3, -0.25) is 0 Å². The van der Waals surface area contributed by atoms with Crippen molar-refractivity contribution in [1.29, 1.82) is 5.26 Å². The molecule has 0 aliphatic carbocycles. The van der Waals surface area contributed by atoms with Gasteiger partial charge in [-0.2, -0.15) is 5.26 Å². The number of benzene rings is 1. The molecule has 0 fully saturated rings. The van der Waals surface area contributed by atoms with Gasteiger partial charge in [0.15, 0.2) is 6.61 Å². The zero-order valence-electron chi connectivity index (χ0n) is 11.5. The van der Waals surface area contributed by atoms with Crippen molar-refractivity contribution in [1.82, 2.24) is 4.98 Å². The molecule has 0 N–H and O–H groups in total. The number of esters is 1. The van der Waals surface area contributed by atoms with E-state index in [0.717, 1.165) is 17.1 Å². The molecule has 0 spiro atoms. The summed E-state index contributed by atoms with van der Waals surface area (Å²) in [5, 5.41) is 11.6. The van der Waals surface area contributed by atoms with Crippen molar-refractivity contribution in [2.24, 2.45) is 0 Å². The van der Waals surface area contributed by atoms with Gasteiger partial charge in [-0.05, 0) is 30.7 Å². The number of aryl methyl sites for hydroxylation is 1. The normalized spacial score (nSPS) is 9.90. The zero-order chi connectivity index (χ0) is 15.1. The summed E-state index contributed by atoms with van der Waals surface area (Å²) in [4.78, 5) is 15.9. The van der Waals surface area contributed by atoms with Gasteiger partial charge < -0.3 is 9.47 Å². The lowest BCUT2D eigenvalue weighted by atomic mass is 10.2. The first-order valence-corrected chi connectivity index (χ1v) is 7.31. The second-order valence-electron chi connectivity index (χ2n) is 4.17. The summed E-state index contributed by atoms with van der Waals surface area (Å²) in [6.45, 7) is 2.02. The molecular weight excluding hydrogens is 288 g/mol. The Balaban J connectivity index is 1.75. The van der Waals surface area contributed by atoms with Crippen LogP contribution in [0.4, 0.5) is 0 Å². The number of rotatable bonds is 6. The van der Waals surface area contributed by atoms with E-state index in [1.165, 1.54) is 0 Å². The van der Waals surface area contributed by atoms with Crippen molar-refractivity contribution in [3.8, 4) is 11.8 Å². The predicted molar refractivity (Wildman–Crippen MR) is 77.9 cm³/mol. The third kappa shape index (κ3) is 4.58. The molecule has 0 unspecified atom stereocenters. The van der Waals surface area contributed by atoms with E-state index in [0.29, 0.717) is 11.3 Å². The van der Waals surface area contributed by atoms with Crippen molar-refractivity contribution < 1.29 is 14.3 Å². The van der Waals surface area contributed by atoms with E-state index in [1.54, 1.807) is 35.6 Å². The number of carbonyl (C=O) groups is 1. The Hall–Kier alpha value is -2.39. The molecule has 0 aliphatic heterocycles. The summed E-state index contributed by atoms with van der Waals surface area (Å²) in [5.74, 6) is 0.0679. The number of nitriles is 1. The van der Waals surface area contributed by atoms with Crippen LogP contribution in [0.15, 0.2) is 29.6 Å². The maximum atomic E-state index is 11.6. The lowest BCUT2D eigenvalue weighted by Gasteiger charge is -2.06. The SMILES string of the molecule is CCc1nc(COC(=O)COc2ccc(C#N)cc2)cs1. The van der Waals surface area contributed by atoms with Gasteiger partial charge >= 0.3 is 5.97 Å². The highest BCUT2D eigenvalue weighted by Crippen LogP contribution is 2.13. The van der Waals surface area contributed by atoms with Crippen molar-refractivity contribution in [2.45, 2.75) is 20.0 Å². The minimum atomic E-state index is -0.453. The summed E-state index contributed by atoms with van der Waals surface area (Å²) < 4.78 is 10.4. The van der Waals surface area contributed by atoms with Gasteiger partial charge in [0.05, 0.1) is 22.3 Å². The molecule has 0 bridgehead atoms. The molecule has 6 heteroatoms. The van der Waals surface area contributed by atoms with E-state index in [4.69, 9.17) is 14.7 Å². The molecule has 0 amide bonds. The quantitative estimate of drug-likeness (QED) is 0.767. The maximum Gasteiger partial charge on any atom is 0.344 e. The van der Waals surface area contributed by atoms with Gasteiger partial charge in [0.25, 0.3) is 0 Å². The van der Waals surface area contributed by atoms with Crippen LogP contribution in [0.5, 0.6) is 5.75 Å². The predicted octanol–water partition coefficient (Wildman–Crippen LogP) is 2.70. The number of hydrogen-bond acceptors (Lipinski definition) is 6. The van der Waals surface area contributed by atoms with Crippen molar-refractivity contribution >= 4 is 17.3 Å². The lowest BCUT2D eigenvalue weighted by Crippen LogP contribution is -2.14. The Morgan fingerprint density at radius 3 is 2.76 bits per heavy atom. The molecular formula is C15H14N2O3S. The summed E-state index contributed by atoms with van der Waals surface area (Å²) in [6, 6.07) is 8.54. The van der Waals surface area contributed by atoms with Gasteiger partial charge in [0.2, 0.25) is 0 Å². The average Bonchev–Trinajstić information content (AvgIpc) is 2.99. The van der Waals surface area contributed by atoms with Crippen LogP contribution >= 0.6 is 11.3 Å². The van der Waals surface area contributed by atoms with Crippen molar-refractivity contribution in [3.05, 3.63) is 45.9 Å². The van der Waals surface area contributed by atoms with E-state index in [1.807, 2.05) is 18.4 Å². The molecule has 0 saturated carbocycles. The van der Waals surface area contributed by atoms with Crippen LogP contribution in [0.1, 0.15) is 23.2 Å². The summed E-state index contributed by atoms with van der Waals surface area (Å²) in [5.41, 5.74) is 1.30. The fourth-order valence-electron chi connectivity index (χ4n) is 1.54. The summed E-state index contributed by atoms with van der Waals surface area (Å²) >= 11 is 1.55. The Kier molecular flexibility index (Phi) is 5.29. The zero-order valence-corrected chi connectivity index (χ0v) is 12.4. The van der Waals surface area contributed by atoms with Crippen LogP contribution in [0.2, 0.25) is 0 Å². The Bertz CT molecular complexity index is 644. The monoisotopic (exact) mass is 302 g/mol. The first-order valence-electron chi connectivity index (χ1n) is 6.43. The smallest absolute Gasteiger partial charge is 0.344 e. The van der Waals surface area contributed by atoms with Crippen LogP contribution in [-0.2, 0) is 22.6 Å². The highest BCUT2D eigenvalue weighted by atomic mass is 32.1. The minimum absolute atomic E-state index is 0.159. The first-order chi connectivity index (χ1) is 10.2. The van der Waals surface area contributed by atoms with E-state index in [9.17, 15) is 4.79 Å². The van der Waals surface area contributed by atoms with E-state index in [2.05, 4.69) is 4.98 Å².